The molecule has 0 atom stereocenters. The lowest BCUT2D eigenvalue weighted by atomic mass is 10.5. The van der Waals surface area contributed by atoms with E-state index in [1.165, 1.54) is 0 Å². The monoisotopic (exact) mass is 206 g/mol. The van der Waals surface area contributed by atoms with Gasteiger partial charge in [-0.05, 0) is 13.8 Å². The summed E-state index contributed by atoms with van der Waals surface area (Å²) in [6.45, 7) is 6.00. The first-order valence-electron chi connectivity index (χ1n) is 5.04. The molecule has 0 amide bonds. The Balaban J connectivity index is 2.23. The van der Waals surface area contributed by atoms with E-state index in [1.54, 1.807) is 12.4 Å². The minimum absolute atomic E-state index is 0.656. The number of hydrogen-bond acceptors (Lipinski definition) is 4. The van der Waals surface area contributed by atoms with E-state index in [0.29, 0.717) is 6.61 Å². The molecule has 0 N–H and O–H groups in total. The zero-order valence-corrected chi connectivity index (χ0v) is 8.97. The molecule has 2 rings (SSSR count). The van der Waals surface area contributed by atoms with Crippen LogP contribution in [0.2, 0.25) is 0 Å². The van der Waals surface area contributed by atoms with Gasteiger partial charge in [0.05, 0.1) is 25.0 Å². The highest BCUT2D eigenvalue weighted by molar-refractivity contribution is 5.68. The van der Waals surface area contributed by atoms with Crippen molar-refractivity contribution in [2.45, 2.75) is 20.4 Å². The first-order valence-corrected chi connectivity index (χ1v) is 5.04. The zero-order valence-electron chi connectivity index (χ0n) is 8.97. The molecule has 0 bridgehead atoms. The maximum absolute atomic E-state index is 5.28. The fourth-order valence-electron chi connectivity index (χ4n) is 1.39. The summed E-state index contributed by atoms with van der Waals surface area (Å²) < 4.78 is 7.10. The van der Waals surface area contributed by atoms with Crippen LogP contribution in [-0.2, 0) is 11.3 Å². The summed E-state index contributed by atoms with van der Waals surface area (Å²) in [6.07, 6.45) is 3.48. The molecule has 0 saturated heterocycles. The van der Waals surface area contributed by atoms with Gasteiger partial charge in [0, 0.05) is 12.8 Å². The maximum atomic E-state index is 5.28. The van der Waals surface area contributed by atoms with Crippen molar-refractivity contribution in [2.75, 3.05) is 13.2 Å². The minimum Gasteiger partial charge on any atom is -0.380 e. The molecule has 0 saturated carbocycles. The Morgan fingerprint density at radius 1 is 1.40 bits per heavy atom. The van der Waals surface area contributed by atoms with Gasteiger partial charge < -0.3 is 4.74 Å². The largest absolute Gasteiger partial charge is 0.380 e. The Hall–Kier alpha value is -1.49. The van der Waals surface area contributed by atoms with Crippen molar-refractivity contribution in [1.29, 1.82) is 0 Å². The number of nitrogens with zero attached hydrogens (tertiary/aromatic N) is 4. The quantitative estimate of drug-likeness (QED) is 0.705. The second-order valence-electron chi connectivity index (χ2n) is 3.28. The molecule has 5 nitrogen and oxygen atoms in total. The van der Waals surface area contributed by atoms with Crippen molar-refractivity contribution in [3.8, 4) is 0 Å². The van der Waals surface area contributed by atoms with Gasteiger partial charge in [-0.25, -0.2) is 14.6 Å². The Bertz CT molecular complexity index is 452. The molecule has 5 heteroatoms. The number of fused-ring (bicyclic) bond motifs is 1. The van der Waals surface area contributed by atoms with Gasteiger partial charge in [0.15, 0.2) is 5.65 Å². The molecule has 2 aromatic heterocycles. The predicted molar refractivity (Wildman–Crippen MR) is 56.6 cm³/mol. The molecule has 0 aliphatic rings. The third-order valence-corrected chi connectivity index (χ3v) is 2.12. The summed E-state index contributed by atoms with van der Waals surface area (Å²) in [7, 11) is 0. The highest BCUT2D eigenvalue weighted by Gasteiger charge is 2.04. The van der Waals surface area contributed by atoms with E-state index in [4.69, 9.17) is 4.74 Å². The van der Waals surface area contributed by atoms with E-state index in [1.807, 2.05) is 18.5 Å². The molecule has 80 valence electrons. The van der Waals surface area contributed by atoms with Crippen LogP contribution >= 0.6 is 0 Å². The summed E-state index contributed by atoms with van der Waals surface area (Å²) in [5.74, 6) is 0. The summed E-state index contributed by atoms with van der Waals surface area (Å²) in [5, 5.41) is 4.22. The van der Waals surface area contributed by atoms with Crippen molar-refractivity contribution in [1.82, 2.24) is 19.7 Å². The summed E-state index contributed by atoms with van der Waals surface area (Å²) in [4.78, 5) is 8.64. The molecule has 15 heavy (non-hydrogen) atoms. The summed E-state index contributed by atoms with van der Waals surface area (Å²) >= 11 is 0. The van der Waals surface area contributed by atoms with Crippen LogP contribution in [0, 0.1) is 6.92 Å². The van der Waals surface area contributed by atoms with E-state index in [0.717, 1.165) is 30.0 Å². The molecule has 0 radical (unpaired) electrons. The third-order valence-electron chi connectivity index (χ3n) is 2.12. The minimum atomic E-state index is 0.656. The van der Waals surface area contributed by atoms with Crippen LogP contribution in [0.3, 0.4) is 0 Å². The van der Waals surface area contributed by atoms with Crippen molar-refractivity contribution < 1.29 is 4.74 Å². The first kappa shape index (κ1) is 10.0. The Morgan fingerprint density at radius 2 is 2.27 bits per heavy atom. The lowest BCUT2D eigenvalue weighted by Crippen LogP contribution is -2.08. The topological polar surface area (TPSA) is 52.8 Å². The van der Waals surface area contributed by atoms with E-state index >= 15 is 0 Å². The predicted octanol–water partition coefficient (Wildman–Crippen LogP) is 1.17. The SMILES string of the molecule is CCOCCn1ncc2ncc(C)nc21. The van der Waals surface area contributed by atoms with Crippen LogP contribution < -0.4 is 0 Å². The van der Waals surface area contributed by atoms with Gasteiger partial charge in [0.25, 0.3) is 0 Å². The van der Waals surface area contributed by atoms with E-state index < -0.39 is 0 Å². The van der Waals surface area contributed by atoms with Crippen LogP contribution in [0.5, 0.6) is 0 Å². The highest BCUT2D eigenvalue weighted by atomic mass is 16.5. The lowest BCUT2D eigenvalue weighted by Gasteiger charge is -2.02. The number of aryl methyl sites for hydroxylation is 1. The smallest absolute Gasteiger partial charge is 0.177 e. The van der Waals surface area contributed by atoms with Gasteiger partial charge in [0.2, 0.25) is 0 Å². The molecular formula is C10H14N4O. The van der Waals surface area contributed by atoms with Crippen LogP contribution in [0.25, 0.3) is 11.2 Å². The molecule has 0 unspecified atom stereocenters. The molecular weight excluding hydrogens is 192 g/mol. The second-order valence-corrected chi connectivity index (χ2v) is 3.28. The fourth-order valence-corrected chi connectivity index (χ4v) is 1.39. The van der Waals surface area contributed by atoms with Gasteiger partial charge in [-0.3, -0.25) is 0 Å². The van der Waals surface area contributed by atoms with Crippen LogP contribution in [0.4, 0.5) is 0 Å². The number of rotatable bonds is 4. The summed E-state index contributed by atoms with van der Waals surface area (Å²) in [5.41, 5.74) is 2.56. The average molecular weight is 206 g/mol. The molecule has 2 heterocycles. The Labute approximate surface area is 88.1 Å². The van der Waals surface area contributed by atoms with Gasteiger partial charge >= 0.3 is 0 Å². The van der Waals surface area contributed by atoms with Crippen LogP contribution in [-0.4, -0.2) is 33.0 Å². The standard InChI is InChI=1S/C10H14N4O/c1-3-15-5-4-14-10-9(7-12-14)11-6-8(2)13-10/h6-7H,3-5H2,1-2H3. The van der Waals surface area contributed by atoms with Crippen LogP contribution in [0.15, 0.2) is 12.4 Å². The van der Waals surface area contributed by atoms with E-state index in [-0.39, 0.29) is 0 Å². The number of hydrogen-bond donors (Lipinski definition) is 0. The van der Waals surface area contributed by atoms with Crippen molar-refractivity contribution in [3.63, 3.8) is 0 Å². The van der Waals surface area contributed by atoms with Crippen molar-refractivity contribution >= 4 is 11.2 Å². The summed E-state index contributed by atoms with van der Waals surface area (Å²) in [6, 6.07) is 0. The van der Waals surface area contributed by atoms with E-state index in [9.17, 15) is 0 Å². The van der Waals surface area contributed by atoms with E-state index in [2.05, 4.69) is 15.1 Å². The third kappa shape index (κ3) is 2.12. The molecule has 0 spiro atoms. The van der Waals surface area contributed by atoms with Gasteiger partial charge in [0.1, 0.15) is 5.52 Å². The van der Waals surface area contributed by atoms with Crippen molar-refractivity contribution in [2.24, 2.45) is 0 Å². The Morgan fingerprint density at radius 3 is 3.07 bits per heavy atom. The molecule has 2 aromatic rings. The average Bonchev–Trinajstić information content (AvgIpc) is 2.62. The fraction of sp³-hybridized carbons (Fsp3) is 0.500. The number of ether oxygens (including phenoxy) is 1. The van der Waals surface area contributed by atoms with Gasteiger partial charge in [-0.15, -0.1) is 0 Å². The van der Waals surface area contributed by atoms with Gasteiger partial charge in [-0.1, -0.05) is 0 Å². The van der Waals surface area contributed by atoms with Crippen LogP contribution in [0.1, 0.15) is 12.6 Å². The lowest BCUT2D eigenvalue weighted by molar-refractivity contribution is 0.137. The Kier molecular flexibility index (Phi) is 2.91. The molecule has 0 aliphatic carbocycles. The van der Waals surface area contributed by atoms with Crippen molar-refractivity contribution in [3.05, 3.63) is 18.1 Å². The maximum Gasteiger partial charge on any atom is 0.177 e. The molecule has 0 aromatic carbocycles. The highest BCUT2D eigenvalue weighted by Crippen LogP contribution is 2.07. The molecule has 0 aliphatic heterocycles. The molecule has 0 fully saturated rings. The second kappa shape index (κ2) is 4.35. The zero-order chi connectivity index (χ0) is 10.7. The number of aromatic nitrogens is 4. The normalized spacial score (nSPS) is 11.1. The van der Waals surface area contributed by atoms with Gasteiger partial charge in [-0.2, -0.15) is 5.10 Å². The first-order chi connectivity index (χ1) is 7.31.